The van der Waals surface area contributed by atoms with E-state index in [9.17, 15) is 28.8 Å². The summed E-state index contributed by atoms with van der Waals surface area (Å²) in [6, 6.07) is 56.4. The van der Waals surface area contributed by atoms with Gasteiger partial charge in [0.15, 0.2) is 0 Å². The van der Waals surface area contributed by atoms with Crippen LogP contribution < -0.4 is 117 Å². The molecule has 0 spiro atoms. The van der Waals surface area contributed by atoms with E-state index in [0.717, 1.165) is 92.0 Å². The Morgan fingerprint density at radius 1 is 0.315 bits per heavy atom. The lowest BCUT2D eigenvalue weighted by molar-refractivity contribution is -0.000415. The Hall–Kier alpha value is -14.0. The molecule has 0 unspecified atom stereocenters. The minimum Gasteiger partial charge on any atom is -0.444 e. The summed E-state index contributed by atoms with van der Waals surface area (Å²) < 4.78 is 31.3. The molecule has 34 heteroatoms. The van der Waals surface area contributed by atoms with E-state index in [1.165, 1.54) is 12.1 Å². The first-order valence-corrected chi connectivity index (χ1v) is 42.2. The van der Waals surface area contributed by atoms with Gasteiger partial charge in [-0.3, -0.25) is 5.32 Å². The second kappa shape index (κ2) is 53.0. The molecule has 0 saturated heterocycles. The lowest BCUT2D eigenvalue weighted by Gasteiger charge is -2.29. The van der Waals surface area contributed by atoms with E-state index in [-0.39, 0.29) is 17.9 Å². The van der Waals surface area contributed by atoms with Gasteiger partial charge in [-0.05, 0) is 292 Å². The highest BCUT2D eigenvalue weighted by molar-refractivity contribution is 6.12. The van der Waals surface area contributed by atoms with Crippen molar-refractivity contribution in [2.24, 2.45) is 22.9 Å². The summed E-state index contributed by atoms with van der Waals surface area (Å²) in [6.45, 7) is 40.3. The number of benzene rings is 9. The summed E-state index contributed by atoms with van der Waals surface area (Å²) in [5.74, 6) is 0. The van der Waals surface area contributed by atoms with E-state index in [2.05, 4.69) is 34.7 Å². The fourth-order valence-electron chi connectivity index (χ4n) is 10.6. The molecule has 0 aromatic heterocycles. The zero-order valence-corrected chi connectivity index (χ0v) is 79.4. The van der Waals surface area contributed by atoms with Gasteiger partial charge in [0.2, 0.25) is 0 Å². The average molecular weight is 1800 g/mol. The normalized spacial score (nSPS) is 10.9. The molecule has 130 heavy (non-hydrogen) atoms. The van der Waals surface area contributed by atoms with Crippen LogP contribution in [-0.4, -0.2) is 88.2 Å². The third-order valence-corrected chi connectivity index (χ3v) is 16.3. The van der Waals surface area contributed by atoms with E-state index in [1.807, 2.05) is 103 Å². The van der Waals surface area contributed by atoms with Crippen molar-refractivity contribution >= 4 is 133 Å². The van der Waals surface area contributed by atoms with Gasteiger partial charge >= 0.3 is 36.6 Å². The van der Waals surface area contributed by atoms with E-state index >= 15 is 0 Å². The summed E-state index contributed by atoms with van der Waals surface area (Å²) in [6.07, 6.45) is -2.15. The largest absolute Gasteiger partial charge is 0.444 e. The first-order chi connectivity index (χ1) is 60.3. The number of hydrogen-bond acceptors (Lipinski definition) is 30. The van der Waals surface area contributed by atoms with Gasteiger partial charge in [-0.2, -0.15) is 4.90 Å². The summed E-state index contributed by atoms with van der Waals surface area (Å²) in [5, 5.41) is 8.38. The minimum absolute atomic E-state index is 0.0965. The molecule has 0 aliphatic rings. The molecule has 35 N–H and O–H groups in total. The van der Waals surface area contributed by atoms with Crippen molar-refractivity contribution < 1.29 is 57.2 Å². The number of nitrogens with zero attached hydrogens (tertiary/aromatic N) is 3. The van der Waals surface area contributed by atoms with Crippen LogP contribution >= 0.6 is 0 Å². The lowest BCUT2D eigenvalue weighted by atomic mass is 10.1. The molecule has 0 heterocycles. The number of ether oxygens (including phenoxy) is 6. The van der Waals surface area contributed by atoms with Gasteiger partial charge in [0.05, 0.1) is 52.0 Å². The molecule has 0 aliphatic carbocycles. The molecule has 9 aromatic carbocycles. The van der Waals surface area contributed by atoms with Gasteiger partial charge in [-0.1, -0.05) is 80.6 Å². The van der Waals surface area contributed by atoms with Crippen LogP contribution in [0, 0.1) is 0 Å². The maximum absolute atomic E-state index is 12.5. The highest BCUT2D eigenvalue weighted by Gasteiger charge is 2.35. The van der Waals surface area contributed by atoms with E-state index in [0.29, 0.717) is 95.2 Å². The molecule has 712 valence electrons. The maximum Gasteiger partial charge on any atom is 0.424 e. The van der Waals surface area contributed by atoms with Crippen molar-refractivity contribution in [3.8, 4) is 0 Å². The number of carbonyl (C=O) groups excluding carboxylic acids is 6. The van der Waals surface area contributed by atoms with Gasteiger partial charge in [-0.15, -0.1) is 0 Å². The van der Waals surface area contributed by atoms with Crippen LogP contribution in [0.1, 0.15) is 185 Å². The Labute approximate surface area is 767 Å². The van der Waals surface area contributed by atoms with E-state index < -0.39 is 70.2 Å². The number of nitrogens with two attached hydrogens (primary N) is 16. The molecule has 0 saturated carbocycles. The molecule has 34 nitrogen and oxygen atoms in total. The zero-order valence-electron chi connectivity index (χ0n) is 79.4. The average Bonchev–Trinajstić information content (AvgIpc) is 0.807. The fraction of sp³-hybridized carbons (Fsp3) is 0.375. The number of amides is 6. The third-order valence-electron chi connectivity index (χ3n) is 16.3. The number of hydrogen-bond donors (Lipinski definition) is 19. The SMILES string of the molecule is CC(C)(C)OC(=O)N(C(=O)OC(C)(C)C)c1cc(N)ccc1N.CC(C)(C)OC(=O)N(Cc1cc(N)ccc1N)C(=O)OC(C)(C)C.CC(C)(C)OC(=O)NCc1cc(N)ccc1N.CC(C)(C)OC(=O)Nc1cc(N)ccc1N.CCCN(CCC)c1ccc(N)cc1N.NCc1ccc(CN)cc1.NCc1cccc(CN)c1.Nc1ccc(N)c(Nc2ccccc2)c1. The molecule has 0 atom stereocenters. The molecule has 0 fully saturated rings. The number of alkyl carbamates (subject to hydrolysis) is 1. The summed E-state index contributed by atoms with van der Waals surface area (Å²) >= 11 is 0. The van der Waals surface area contributed by atoms with Crippen LogP contribution in [0.4, 0.5) is 125 Å². The van der Waals surface area contributed by atoms with Gasteiger partial charge < -0.3 is 136 Å². The predicted molar refractivity (Wildman–Crippen MR) is 534 cm³/mol. The van der Waals surface area contributed by atoms with Crippen molar-refractivity contribution in [1.82, 2.24) is 10.2 Å². The van der Waals surface area contributed by atoms with Crippen LogP contribution in [0.2, 0.25) is 0 Å². The molecule has 9 aromatic rings. The molecule has 0 radical (unpaired) electrons. The zero-order chi connectivity index (χ0) is 98.8. The van der Waals surface area contributed by atoms with Crippen LogP contribution in [0.25, 0.3) is 0 Å². The third kappa shape index (κ3) is 46.5. The number of nitrogen functional groups attached to an aromatic ring is 12. The highest BCUT2D eigenvalue weighted by atomic mass is 16.6. The second-order valence-electron chi connectivity index (χ2n) is 35.5. The van der Waals surface area contributed by atoms with Crippen molar-refractivity contribution in [1.29, 1.82) is 0 Å². The Morgan fingerprint density at radius 2 is 0.669 bits per heavy atom. The number of carbonyl (C=O) groups is 6. The van der Waals surface area contributed by atoms with Crippen LogP contribution in [0.3, 0.4) is 0 Å². The Morgan fingerprint density at radius 3 is 1.08 bits per heavy atom. The monoisotopic (exact) mass is 1800 g/mol. The van der Waals surface area contributed by atoms with Crippen LogP contribution in [0.15, 0.2) is 188 Å². The summed E-state index contributed by atoms with van der Waals surface area (Å²) in [4.78, 5) is 76.6. The number of para-hydroxylation sites is 1. The van der Waals surface area contributed by atoms with Crippen molar-refractivity contribution in [2.75, 3.05) is 102 Å². The first kappa shape index (κ1) is 112. The number of nitrogens with one attached hydrogen (secondary N) is 3. The quantitative estimate of drug-likeness (QED) is 0.0297. The highest BCUT2D eigenvalue weighted by Crippen LogP contribution is 2.32. The molecular weight excluding hydrogens is 1650 g/mol. The molecule has 6 amide bonds. The fourth-order valence-corrected chi connectivity index (χ4v) is 10.6. The van der Waals surface area contributed by atoms with Crippen molar-refractivity contribution in [3.63, 3.8) is 0 Å². The van der Waals surface area contributed by atoms with Crippen LogP contribution in [0.5, 0.6) is 0 Å². The van der Waals surface area contributed by atoms with Crippen LogP contribution in [-0.2, 0) is 67.7 Å². The van der Waals surface area contributed by atoms with E-state index in [1.54, 1.807) is 197 Å². The van der Waals surface area contributed by atoms with Crippen molar-refractivity contribution in [2.45, 2.75) is 224 Å². The molecule has 0 aliphatic heterocycles. The van der Waals surface area contributed by atoms with Gasteiger partial charge in [0.1, 0.15) is 33.6 Å². The first-order valence-electron chi connectivity index (χ1n) is 42.2. The predicted octanol–water partition coefficient (Wildman–Crippen LogP) is 17.4. The van der Waals surface area contributed by atoms with E-state index in [4.69, 9.17) is 120 Å². The van der Waals surface area contributed by atoms with Crippen molar-refractivity contribution in [3.05, 3.63) is 221 Å². The Kier molecular flexibility index (Phi) is 45.7. The topological polar surface area (TPSA) is 620 Å². The van der Waals surface area contributed by atoms with Gasteiger partial charge in [0.25, 0.3) is 0 Å². The maximum atomic E-state index is 12.5. The number of anilines is 17. The second-order valence-corrected chi connectivity index (χ2v) is 35.5. The summed E-state index contributed by atoms with van der Waals surface area (Å²) in [5.41, 5.74) is 103. The standard InChI is InChI=1S/C17H27N3O4.C16H25N3O4.C12H19N3O2.C12H13N3.C12H21N3.C11H17N3O2.2C8H12N2/c1-16(2,3)23-14(21)20(15(22)24-17(4,5)6)10-11-9-12(18)7-8-13(11)19;1-15(2,3)22-13(20)19(14(21)23-16(4,5)6)12-9-10(17)7-8-11(12)18;1-12(2,3)17-11(16)15-7-8-6-9(13)4-5-10(8)14;13-9-6-7-11(14)12(8-9)15-10-4-2-1-3-5-10;1-3-7-15(8-4-2)12-6-5-10(13)9-11(12)14;1-11(2,3)16-10(15)14-9-6-7(12)4-5-8(9)13;9-5-7-1-2-8(6-10)4-3-7;9-5-7-2-1-3-8(4-7)6-10/h7-9H,10,18-19H2,1-6H3;7-9H,17-18H2,1-6H3;4-6H,7,13-14H2,1-3H3,(H,15,16);1-8,15H,13-14H2;5-6,9H,3-4,7-8,13-14H2,1-2H3;4-6H,12-13H2,1-3H3,(H,14,15);2*1-4H,5-6,9-10H2. The molecule has 9 rings (SSSR count). The lowest BCUT2D eigenvalue weighted by Crippen LogP contribution is -2.44. The smallest absolute Gasteiger partial charge is 0.424 e. The van der Waals surface area contributed by atoms with Gasteiger partial charge in [0, 0.05) is 97.0 Å². The minimum atomic E-state index is -0.885. The summed E-state index contributed by atoms with van der Waals surface area (Å²) in [7, 11) is 0. The Balaban J connectivity index is 0.000000510. The van der Waals surface area contributed by atoms with Gasteiger partial charge in [-0.25, -0.2) is 33.7 Å². The molecule has 0 bridgehead atoms. The Bertz CT molecular complexity index is 4910. The molecular formula is C96H146N22O12. The number of imide groups is 2. The number of rotatable bonds is 17.